The zero-order chi connectivity index (χ0) is 14.7. The summed E-state index contributed by atoms with van der Waals surface area (Å²) in [5, 5.41) is 11.5. The van der Waals surface area contributed by atoms with E-state index in [0.717, 1.165) is 0 Å². The first-order valence-corrected chi connectivity index (χ1v) is 6.20. The average Bonchev–Trinajstić information content (AvgIpc) is 2.45. The van der Waals surface area contributed by atoms with Gasteiger partial charge in [0.05, 0.1) is 17.8 Å². The van der Waals surface area contributed by atoms with Gasteiger partial charge in [-0.05, 0) is 24.6 Å². The molecule has 1 fully saturated rings. The highest BCUT2D eigenvalue weighted by Gasteiger charge is 2.33. The number of aldehydes is 1. The fourth-order valence-electron chi connectivity index (χ4n) is 2.29. The van der Waals surface area contributed by atoms with Crippen LogP contribution in [0.25, 0.3) is 0 Å². The van der Waals surface area contributed by atoms with Crippen LogP contribution in [0.1, 0.15) is 29.3 Å². The Bertz CT molecular complexity index is 619. The largest absolute Gasteiger partial charge is 0.349 e. The van der Waals surface area contributed by atoms with E-state index in [9.17, 15) is 19.6 Å². The number of nitrogens with zero attached hydrogens (tertiary/aromatic N) is 2. The van der Waals surface area contributed by atoms with Crippen molar-refractivity contribution in [1.82, 2.24) is 5.32 Å². The highest BCUT2D eigenvalue weighted by molar-refractivity contribution is 6.04. The smallest absolute Gasteiger partial charge is 0.249 e. The second-order valence-corrected chi connectivity index (χ2v) is 4.47. The molecule has 0 aromatic heterocycles. The number of benzene rings is 1. The minimum atomic E-state index is -0.498. The lowest BCUT2D eigenvalue weighted by atomic mass is 10.0. The molecule has 0 radical (unpaired) electrons. The Morgan fingerprint density at radius 3 is 2.85 bits per heavy atom. The number of hydrogen-bond acceptors (Lipinski definition) is 5. The molecule has 1 aromatic carbocycles. The van der Waals surface area contributed by atoms with E-state index in [1.165, 1.54) is 6.07 Å². The fraction of sp³-hybridized carbons (Fsp3) is 0.286. The molecule has 1 N–H and O–H groups in total. The number of imide groups is 1. The number of rotatable bonds is 3. The molecular formula is C14H13N3O3. The van der Waals surface area contributed by atoms with Crippen molar-refractivity contribution >= 4 is 23.8 Å². The van der Waals surface area contributed by atoms with E-state index >= 15 is 0 Å². The maximum Gasteiger partial charge on any atom is 0.249 e. The molecule has 1 aliphatic heterocycles. The van der Waals surface area contributed by atoms with Crippen LogP contribution in [0.4, 0.5) is 5.69 Å². The van der Waals surface area contributed by atoms with Crippen molar-refractivity contribution in [1.29, 1.82) is 5.26 Å². The van der Waals surface area contributed by atoms with Gasteiger partial charge >= 0.3 is 0 Å². The Balaban J connectivity index is 2.48. The third kappa shape index (κ3) is 2.38. The first-order valence-electron chi connectivity index (χ1n) is 6.20. The molecule has 2 amide bonds. The highest BCUT2D eigenvalue weighted by atomic mass is 16.2. The summed E-state index contributed by atoms with van der Waals surface area (Å²) in [4.78, 5) is 35.7. The minimum absolute atomic E-state index is 0.0133. The Morgan fingerprint density at radius 2 is 2.25 bits per heavy atom. The van der Waals surface area contributed by atoms with Crippen LogP contribution in [0.15, 0.2) is 18.2 Å². The van der Waals surface area contributed by atoms with Gasteiger partial charge in [-0.2, -0.15) is 5.26 Å². The van der Waals surface area contributed by atoms with E-state index in [2.05, 4.69) is 5.32 Å². The molecule has 0 aliphatic carbocycles. The zero-order valence-corrected chi connectivity index (χ0v) is 10.9. The van der Waals surface area contributed by atoms with Crippen molar-refractivity contribution in [2.75, 3.05) is 11.4 Å². The SMILES string of the molecule is CCC1C(=O)NC(=O)CN1c1ccc(C=O)cc1C#N. The quantitative estimate of drug-likeness (QED) is 0.642. The number of piperazine rings is 1. The van der Waals surface area contributed by atoms with Crippen LogP contribution < -0.4 is 10.2 Å². The summed E-state index contributed by atoms with van der Waals surface area (Å²) in [6.45, 7) is 1.85. The van der Waals surface area contributed by atoms with E-state index in [1.807, 2.05) is 13.0 Å². The molecule has 1 aromatic rings. The molecule has 20 heavy (non-hydrogen) atoms. The van der Waals surface area contributed by atoms with Crippen molar-refractivity contribution in [3.63, 3.8) is 0 Å². The number of nitrogens with one attached hydrogen (secondary N) is 1. The monoisotopic (exact) mass is 271 g/mol. The molecule has 6 heteroatoms. The Labute approximate surface area is 116 Å². The van der Waals surface area contributed by atoms with Crippen LogP contribution in [0, 0.1) is 11.3 Å². The van der Waals surface area contributed by atoms with Crippen molar-refractivity contribution in [3.8, 4) is 6.07 Å². The maximum atomic E-state index is 11.8. The normalized spacial score (nSPS) is 18.4. The minimum Gasteiger partial charge on any atom is -0.349 e. The van der Waals surface area contributed by atoms with E-state index in [4.69, 9.17) is 0 Å². The summed E-state index contributed by atoms with van der Waals surface area (Å²) >= 11 is 0. The topological polar surface area (TPSA) is 90.3 Å². The molecule has 0 saturated carbocycles. The average molecular weight is 271 g/mol. The van der Waals surface area contributed by atoms with Gasteiger partial charge in [0.2, 0.25) is 11.8 Å². The molecule has 0 bridgehead atoms. The van der Waals surface area contributed by atoms with Crippen LogP contribution in [-0.2, 0) is 9.59 Å². The molecular weight excluding hydrogens is 258 g/mol. The van der Waals surface area contributed by atoms with Gasteiger partial charge in [0.15, 0.2) is 0 Å². The third-order valence-corrected chi connectivity index (χ3v) is 3.23. The first kappa shape index (κ1) is 13.7. The summed E-state index contributed by atoms with van der Waals surface area (Å²) in [5.74, 6) is -0.768. The van der Waals surface area contributed by atoms with Crippen molar-refractivity contribution < 1.29 is 14.4 Å². The van der Waals surface area contributed by atoms with Crippen LogP contribution >= 0.6 is 0 Å². The van der Waals surface area contributed by atoms with Crippen molar-refractivity contribution in [2.45, 2.75) is 19.4 Å². The van der Waals surface area contributed by atoms with Crippen molar-refractivity contribution in [3.05, 3.63) is 29.3 Å². The van der Waals surface area contributed by atoms with Crippen LogP contribution in [-0.4, -0.2) is 30.7 Å². The maximum absolute atomic E-state index is 11.8. The number of anilines is 1. The molecule has 1 saturated heterocycles. The van der Waals surface area contributed by atoms with Crippen LogP contribution in [0.3, 0.4) is 0 Å². The van der Waals surface area contributed by atoms with Gasteiger partial charge in [-0.1, -0.05) is 6.92 Å². The van der Waals surface area contributed by atoms with Gasteiger partial charge in [-0.25, -0.2) is 0 Å². The zero-order valence-electron chi connectivity index (χ0n) is 10.9. The lowest BCUT2D eigenvalue weighted by Gasteiger charge is -2.35. The molecule has 0 spiro atoms. The highest BCUT2D eigenvalue weighted by Crippen LogP contribution is 2.25. The molecule has 1 atom stereocenters. The third-order valence-electron chi connectivity index (χ3n) is 3.23. The predicted octanol–water partition coefficient (Wildman–Crippen LogP) is 0.612. The van der Waals surface area contributed by atoms with Gasteiger partial charge in [0.1, 0.15) is 18.4 Å². The standard InChI is InChI=1S/C14H13N3O3/c1-2-11-14(20)16-13(19)7-17(11)12-4-3-9(8-18)5-10(12)6-15/h3-5,8,11H,2,7H2,1H3,(H,16,19,20). The van der Waals surface area contributed by atoms with E-state index < -0.39 is 11.9 Å². The van der Waals surface area contributed by atoms with E-state index in [1.54, 1.807) is 17.0 Å². The number of nitriles is 1. The van der Waals surface area contributed by atoms with Gasteiger partial charge in [-0.15, -0.1) is 0 Å². The predicted molar refractivity (Wildman–Crippen MR) is 71.1 cm³/mol. The van der Waals surface area contributed by atoms with E-state index in [-0.39, 0.29) is 18.0 Å². The second kappa shape index (κ2) is 5.53. The molecule has 102 valence electrons. The Kier molecular flexibility index (Phi) is 3.80. The van der Waals surface area contributed by atoms with Crippen LogP contribution in [0.5, 0.6) is 0 Å². The van der Waals surface area contributed by atoms with Crippen LogP contribution in [0.2, 0.25) is 0 Å². The molecule has 1 aliphatic rings. The van der Waals surface area contributed by atoms with E-state index in [0.29, 0.717) is 24.0 Å². The lowest BCUT2D eigenvalue weighted by molar-refractivity contribution is -0.132. The Morgan fingerprint density at radius 1 is 1.50 bits per heavy atom. The Hall–Kier alpha value is -2.68. The number of carbonyl (C=O) groups excluding carboxylic acids is 3. The van der Waals surface area contributed by atoms with Gasteiger partial charge < -0.3 is 4.90 Å². The molecule has 1 heterocycles. The summed E-state index contributed by atoms with van der Waals surface area (Å²) in [5.41, 5.74) is 1.15. The summed E-state index contributed by atoms with van der Waals surface area (Å²) < 4.78 is 0. The second-order valence-electron chi connectivity index (χ2n) is 4.47. The summed E-state index contributed by atoms with van der Waals surface area (Å²) in [7, 11) is 0. The van der Waals surface area contributed by atoms with Gasteiger partial charge in [-0.3, -0.25) is 19.7 Å². The fourth-order valence-corrected chi connectivity index (χ4v) is 2.29. The lowest BCUT2D eigenvalue weighted by Crippen LogP contribution is -2.58. The first-order chi connectivity index (χ1) is 9.60. The number of amides is 2. The summed E-state index contributed by atoms with van der Waals surface area (Å²) in [6.07, 6.45) is 1.16. The number of carbonyl (C=O) groups is 3. The molecule has 2 rings (SSSR count). The number of hydrogen-bond donors (Lipinski definition) is 1. The van der Waals surface area contributed by atoms with Gasteiger partial charge in [0.25, 0.3) is 0 Å². The van der Waals surface area contributed by atoms with Gasteiger partial charge in [0, 0.05) is 5.56 Å². The summed E-state index contributed by atoms with van der Waals surface area (Å²) in [6, 6.07) is 6.11. The molecule has 6 nitrogen and oxygen atoms in total. The molecule has 1 unspecified atom stereocenters. The van der Waals surface area contributed by atoms with Crippen molar-refractivity contribution in [2.24, 2.45) is 0 Å².